The second kappa shape index (κ2) is 11.4. The second-order valence-corrected chi connectivity index (χ2v) is 12.7. The van der Waals surface area contributed by atoms with Gasteiger partial charge in [-0.1, -0.05) is 134 Å². The van der Waals surface area contributed by atoms with E-state index in [2.05, 4.69) is 181 Å². The number of thiophene rings is 1. The van der Waals surface area contributed by atoms with Crippen molar-refractivity contribution in [3.63, 3.8) is 0 Å². The molecule has 3 nitrogen and oxygen atoms in total. The van der Waals surface area contributed by atoms with E-state index in [1.165, 1.54) is 42.6 Å². The Labute approximate surface area is 268 Å². The molecule has 218 valence electrons. The van der Waals surface area contributed by atoms with Gasteiger partial charge in [0.2, 0.25) is 0 Å². The van der Waals surface area contributed by atoms with Crippen LogP contribution in [0.2, 0.25) is 0 Å². The highest BCUT2D eigenvalue weighted by molar-refractivity contribution is 7.26. The van der Waals surface area contributed by atoms with Crippen LogP contribution in [-0.4, -0.2) is 18.2 Å². The van der Waals surface area contributed by atoms with Crippen LogP contribution in [-0.2, 0) is 0 Å². The van der Waals surface area contributed by atoms with E-state index in [0.29, 0.717) is 0 Å². The number of hydrogen-bond donors (Lipinski definition) is 1. The van der Waals surface area contributed by atoms with E-state index in [9.17, 15) is 0 Å². The van der Waals surface area contributed by atoms with E-state index in [-0.39, 0.29) is 12.3 Å². The van der Waals surface area contributed by atoms with Crippen LogP contribution in [0.5, 0.6) is 0 Å². The summed E-state index contributed by atoms with van der Waals surface area (Å²) in [4.78, 5) is 4.78. The van der Waals surface area contributed by atoms with Crippen molar-refractivity contribution in [1.82, 2.24) is 10.2 Å². The molecular formula is C41H33N3S. The Balaban J connectivity index is 1.37. The van der Waals surface area contributed by atoms with Gasteiger partial charge in [0, 0.05) is 44.7 Å². The zero-order valence-electron chi connectivity index (χ0n) is 25.1. The Morgan fingerprint density at radius 3 is 2.11 bits per heavy atom. The van der Waals surface area contributed by atoms with Crippen LogP contribution in [0.25, 0.3) is 37.0 Å². The second-order valence-electron chi connectivity index (χ2n) is 11.6. The third-order valence-corrected chi connectivity index (χ3v) is 10.1. The maximum atomic E-state index is 4.65. The summed E-state index contributed by atoms with van der Waals surface area (Å²) in [6, 6.07) is 45.3. The van der Waals surface area contributed by atoms with Crippen LogP contribution in [0.15, 0.2) is 158 Å². The summed E-state index contributed by atoms with van der Waals surface area (Å²) in [5.74, 6) is 0. The zero-order chi connectivity index (χ0) is 30.3. The standard InChI is InChI=1S/C41H33N3S/c1-28-22-23-32(29-14-6-3-7-15-29)27-44(36-25-24-34-33-20-12-13-21-38(33)45-40(34)39(28)36)41-42-35(30-16-8-4-9-17-30)26-37(43(41)2)31-18-10-5-11-19-31/h3-27,35,41-42H,1H2,2H3/b23-22-,32-27+. The molecule has 0 aliphatic carbocycles. The molecule has 2 aliphatic heterocycles. The lowest BCUT2D eigenvalue weighted by atomic mass is 9.96. The molecule has 4 heteroatoms. The van der Waals surface area contributed by atoms with Gasteiger partial charge in [0.25, 0.3) is 0 Å². The van der Waals surface area contributed by atoms with Crippen LogP contribution in [0.1, 0.15) is 28.3 Å². The van der Waals surface area contributed by atoms with Crippen LogP contribution >= 0.6 is 11.3 Å². The van der Waals surface area contributed by atoms with Crippen LogP contribution in [0.4, 0.5) is 5.69 Å². The molecule has 2 atom stereocenters. The van der Waals surface area contributed by atoms with Gasteiger partial charge in [0.1, 0.15) is 0 Å². The van der Waals surface area contributed by atoms with E-state index in [4.69, 9.17) is 0 Å². The molecule has 3 heterocycles. The highest BCUT2D eigenvalue weighted by atomic mass is 32.1. The Kier molecular flexibility index (Phi) is 6.94. The summed E-state index contributed by atoms with van der Waals surface area (Å²) in [7, 11) is 2.19. The molecule has 2 unspecified atom stereocenters. The lowest BCUT2D eigenvalue weighted by Gasteiger charge is -2.46. The highest BCUT2D eigenvalue weighted by Crippen LogP contribution is 2.45. The molecule has 2 aliphatic rings. The molecule has 1 aromatic heterocycles. The first kappa shape index (κ1) is 27.4. The van der Waals surface area contributed by atoms with Gasteiger partial charge >= 0.3 is 0 Å². The van der Waals surface area contributed by atoms with Crippen molar-refractivity contribution >= 4 is 54.0 Å². The number of rotatable bonds is 4. The van der Waals surface area contributed by atoms with Gasteiger partial charge in [0.15, 0.2) is 6.29 Å². The average Bonchev–Trinajstić information content (AvgIpc) is 3.47. The fourth-order valence-electron chi connectivity index (χ4n) is 6.60. The predicted octanol–water partition coefficient (Wildman–Crippen LogP) is 10.1. The SMILES string of the molecule is C=C1/C=C\C(c2ccccc2)=C/N(C2NC(c3ccccc3)C=C(c3ccccc3)N2C)c2ccc3c(sc4ccccc43)c21. The number of fused-ring (bicyclic) bond motifs is 5. The Bertz CT molecular complexity index is 2120. The number of allylic oxidation sites excluding steroid dienone is 4. The molecule has 0 amide bonds. The molecule has 1 N–H and O–H groups in total. The van der Waals surface area contributed by atoms with E-state index < -0.39 is 0 Å². The van der Waals surface area contributed by atoms with E-state index in [1.54, 1.807) is 0 Å². The lowest BCUT2D eigenvalue weighted by Crippen LogP contribution is -2.56. The van der Waals surface area contributed by atoms with Gasteiger partial charge in [-0.25, -0.2) is 0 Å². The van der Waals surface area contributed by atoms with Gasteiger partial charge in [0.05, 0.1) is 11.7 Å². The fourth-order valence-corrected chi connectivity index (χ4v) is 7.88. The normalized spacial score (nSPS) is 20.2. The molecule has 0 fully saturated rings. The van der Waals surface area contributed by atoms with Crippen LogP contribution < -0.4 is 10.2 Å². The Hall–Kier alpha value is -5.16. The minimum atomic E-state index is -0.195. The largest absolute Gasteiger partial charge is 0.341 e. The molecule has 0 spiro atoms. The summed E-state index contributed by atoms with van der Waals surface area (Å²) in [5, 5.41) is 6.58. The molecule has 0 saturated carbocycles. The van der Waals surface area contributed by atoms with Crippen molar-refractivity contribution in [2.24, 2.45) is 0 Å². The molecule has 0 radical (unpaired) electrons. The topological polar surface area (TPSA) is 18.5 Å². The third kappa shape index (κ3) is 4.89. The van der Waals surface area contributed by atoms with Gasteiger partial charge in [-0.2, -0.15) is 0 Å². The minimum Gasteiger partial charge on any atom is -0.341 e. The van der Waals surface area contributed by atoms with E-state index in [0.717, 1.165) is 22.4 Å². The Morgan fingerprint density at radius 1 is 0.689 bits per heavy atom. The third-order valence-electron chi connectivity index (χ3n) is 8.87. The maximum Gasteiger partial charge on any atom is 0.162 e. The molecule has 0 saturated heterocycles. The van der Waals surface area contributed by atoms with Crippen molar-refractivity contribution < 1.29 is 0 Å². The maximum absolute atomic E-state index is 4.65. The van der Waals surface area contributed by atoms with Gasteiger partial charge in [-0.15, -0.1) is 11.3 Å². The molecular weight excluding hydrogens is 567 g/mol. The average molecular weight is 600 g/mol. The summed E-state index contributed by atoms with van der Waals surface area (Å²) in [5.41, 5.74) is 9.20. The van der Waals surface area contributed by atoms with Gasteiger partial charge in [-0.05, 0) is 46.0 Å². The first-order valence-corrected chi connectivity index (χ1v) is 16.2. The fraction of sp³-hybridized carbons (Fsp3) is 0.0732. The zero-order valence-corrected chi connectivity index (χ0v) is 25.9. The number of anilines is 1. The molecule has 0 bridgehead atoms. The van der Waals surface area contributed by atoms with Crippen molar-refractivity contribution in [2.75, 3.05) is 11.9 Å². The summed E-state index contributed by atoms with van der Waals surface area (Å²) >= 11 is 1.85. The Morgan fingerprint density at radius 2 is 1.36 bits per heavy atom. The first-order valence-electron chi connectivity index (χ1n) is 15.3. The van der Waals surface area contributed by atoms with Crippen LogP contribution in [0, 0.1) is 0 Å². The van der Waals surface area contributed by atoms with Crippen LogP contribution in [0.3, 0.4) is 0 Å². The molecule has 45 heavy (non-hydrogen) atoms. The monoisotopic (exact) mass is 599 g/mol. The smallest absolute Gasteiger partial charge is 0.162 e. The quantitative estimate of drug-likeness (QED) is 0.218. The van der Waals surface area contributed by atoms with E-state index in [1.807, 2.05) is 11.3 Å². The van der Waals surface area contributed by atoms with Crippen molar-refractivity contribution in [3.05, 3.63) is 181 Å². The van der Waals surface area contributed by atoms with Crippen molar-refractivity contribution in [3.8, 4) is 0 Å². The van der Waals surface area contributed by atoms with Gasteiger partial charge < -0.3 is 9.80 Å². The molecule has 5 aromatic carbocycles. The van der Waals surface area contributed by atoms with Gasteiger partial charge in [-0.3, -0.25) is 5.32 Å². The number of hydrogen-bond acceptors (Lipinski definition) is 4. The van der Waals surface area contributed by atoms with E-state index >= 15 is 0 Å². The number of nitrogens with one attached hydrogen (secondary N) is 1. The summed E-state index contributed by atoms with van der Waals surface area (Å²) in [6.45, 7) is 4.65. The number of benzene rings is 5. The number of nitrogens with zero attached hydrogens (tertiary/aromatic N) is 2. The summed E-state index contributed by atoms with van der Waals surface area (Å²) in [6.07, 6.45) is 8.85. The van der Waals surface area contributed by atoms with Crippen molar-refractivity contribution in [2.45, 2.75) is 12.3 Å². The first-order chi connectivity index (χ1) is 22.2. The van der Waals surface area contributed by atoms with Crippen molar-refractivity contribution in [1.29, 1.82) is 0 Å². The molecule has 6 aromatic rings. The predicted molar refractivity (Wildman–Crippen MR) is 193 cm³/mol. The minimum absolute atomic E-state index is 0.0110. The molecule has 8 rings (SSSR count). The summed E-state index contributed by atoms with van der Waals surface area (Å²) < 4.78 is 2.56. The highest BCUT2D eigenvalue weighted by Gasteiger charge is 2.34. The lowest BCUT2D eigenvalue weighted by molar-refractivity contribution is 0.261.